The number of thiophene rings is 1. The first-order valence-electron chi connectivity index (χ1n) is 7.56. The summed E-state index contributed by atoms with van der Waals surface area (Å²) in [5, 5.41) is 4.07. The highest BCUT2D eigenvalue weighted by Crippen LogP contribution is 2.27. The molecular formula is C15H20ClN3O2S. The molecule has 2 aliphatic heterocycles. The Morgan fingerprint density at radius 1 is 1.36 bits per heavy atom. The molecule has 3 heterocycles. The predicted molar refractivity (Wildman–Crippen MR) is 88.6 cm³/mol. The fourth-order valence-electron chi connectivity index (χ4n) is 2.79. The van der Waals surface area contributed by atoms with Crippen LogP contribution in [-0.2, 0) is 9.63 Å². The molecular weight excluding hydrogens is 322 g/mol. The van der Waals surface area contributed by atoms with Crippen LogP contribution in [0, 0.1) is 0 Å². The summed E-state index contributed by atoms with van der Waals surface area (Å²) in [6.45, 7) is 7.73. The van der Waals surface area contributed by atoms with Crippen molar-refractivity contribution < 1.29 is 9.63 Å². The Kier molecular flexibility index (Phi) is 4.70. The van der Waals surface area contributed by atoms with Gasteiger partial charge in [-0.15, -0.1) is 11.3 Å². The highest BCUT2D eigenvalue weighted by molar-refractivity contribution is 7.18. The summed E-state index contributed by atoms with van der Waals surface area (Å²) in [5.41, 5.74) is 0.816. The van der Waals surface area contributed by atoms with Crippen LogP contribution in [0.2, 0.25) is 4.34 Å². The van der Waals surface area contributed by atoms with Crippen molar-refractivity contribution in [1.82, 2.24) is 9.80 Å². The summed E-state index contributed by atoms with van der Waals surface area (Å²) in [5.74, 6) is 0.0461. The standard InChI is InChI=1S/C15H20ClN3O2S/c1-10(2)18-5-7-19(8-6-18)15(20)12-9-11(17-21-12)13-3-4-14(16)22-13/h3-4,10,12H,5-9H2,1-2H3. The van der Waals surface area contributed by atoms with Crippen molar-refractivity contribution in [3.8, 4) is 0 Å². The zero-order valence-corrected chi connectivity index (χ0v) is 14.4. The fraction of sp³-hybridized carbons (Fsp3) is 0.600. The van der Waals surface area contributed by atoms with Gasteiger partial charge in [-0.1, -0.05) is 16.8 Å². The molecule has 1 atom stereocenters. The lowest BCUT2D eigenvalue weighted by Crippen LogP contribution is -2.53. The van der Waals surface area contributed by atoms with E-state index in [4.69, 9.17) is 16.4 Å². The van der Waals surface area contributed by atoms with Crippen molar-refractivity contribution >= 4 is 34.6 Å². The highest BCUT2D eigenvalue weighted by Gasteiger charge is 2.34. The second kappa shape index (κ2) is 6.56. The number of carbonyl (C=O) groups is 1. The highest BCUT2D eigenvalue weighted by atomic mass is 35.5. The van der Waals surface area contributed by atoms with Crippen molar-refractivity contribution in [2.75, 3.05) is 26.2 Å². The number of hydrogen-bond acceptors (Lipinski definition) is 5. The fourth-order valence-corrected chi connectivity index (χ4v) is 3.82. The van der Waals surface area contributed by atoms with Gasteiger partial charge in [0.2, 0.25) is 6.10 Å². The Hall–Kier alpha value is -1.11. The molecule has 1 amide bonds. The molecule has 0 saturated carbocycles. The molecule has 0 radical (unpaired) electrons. The van der Waals surface area contributed by atoms with E-state index in [0.29, 0.717) is 12.5 Å². The number of amides is 1. The molecule has 0 spiro atoms. The van der Waals surface area contributed by atoms with Crippen LogP contribution in [0.5, 0.6) is 0 Å². The van der Waals surface area contributed by atoms with Crippen molar-refractivity contribution in [2.24, 2.45) is 5.16 Å². The Balaban J connectivity index is 1.55. The van der Waals surface area contributed by atoms with Crippen LogP contribution in [0.25, 0.3) is 0 Å². The van der Waals surface area contributed by atoms with Crippen molar-refractivity contribution in [3.05, 3.63) is 21.3 Å². The van der Waals surface area contributed by atoms with E-state index in [1.807, 2.05) is 17.0 Å². The topological polar surface area (TPSA) is 45.1 Å². The lowest BCUT2D eigenvalue weighted by Gasteiger charge is -2.37. The van der Waals surface area contributed by atoms with E-state index >= 15 is 0 Å². The first kappa shape index (κ1) is 15.8. The van der Waals surface area contributed by atoms with Crippen LogP contribution in [0.4, 0.5) is 0 Å². The minimum absolute atomic E-state index is 0.0461. The Bertz CT molecular complexity index is 579. The zero-order valence-electron chi connectivity index (χ0n) is 12.8. The van der Waals surface area contributed by atoms with E-state index in [-0.39, 0.29) is 5.91 Å². The third-order valence-electron chi connectivity index (χ3n) is 4.16. The van der Waals surface area contributed by atoms with Gasteiger partial charge >= 0.3 is 0 Å². The van der Waals surface area contributed by atoms with E-state index in [2.05, 4.69) is 23.9 Å². The van der Waals surface area contributed by atoms with Crippen LogP contribution < -0.4 is 0 Å². The molecule has 0 bridgehead atoms. The van der Waals surface area contributed by atoms with Gasteiger partial charge in [0.1, 0.15) is 5.71 Å². The molecule has 1 unspecified atom stereocenters. The molecule has 7 heteroatoms. The van der Waals surface area contributed by atoms with Crippen LogP contribution in [0.3, 0.4) is 0 Å². The number of halogens is 1. The van der Waals surface area contributed by atoms with Crippen molar-refractivity contribution in [3.63, 3.8) is 0 Å². The second-order valence-electron chi connectivity index (χ2n) is 5.89. The number of hydrogen-bond donors (Lipinski definition) is 0. The Morgan fingerprint density at radius 2 is 2.09 bits per heavy atom. The van der Waals surface area contributed by atoms with Gasteiger partial charge < -0.3 is 9.74 Å². The Labute approximate surface area is 139 Å². The summed E-state index contributed by atoms with van der Waals surface area (Å²) in [7, 11) is 0. The third-order valence-corrected chi connectivity index (χ3v) is 5.44. The Morgan fingerprint density at radius 3 is 2.68 bits per heavy atom. The van der Waals surface area contributed by atoms with Crippen molar-refractivity contribution in [2.45, 2.75) is 32.4 Å². The first-order valence-corrected chi connectivity index (χ1v) is 8.75. The van der Waals surface area contributed by atoms with E-state index in [1.165, 1.54) is 11.3 Å². The van der Waals surface area contributed by atoms with Gasteiger partial charge in [0.25, 0.3) is 5.91 Å². The van der Waals surface area contributed by atoms with Crippen molar-refractivity contribution in [1.29, 1.82) is 0 Å². The molecule has 0 aliphatic carbocycles. The van der Waals surface area contributed by atoms with Gasteiger partial charge in [-0.3, -0.25) is 9.69 Å². The average molecular weight is 342 g/mol. The summed E-state index contributed by atoms with van der Waals surface area (Å²) in [6, 6.07) is 4.28. The molecule has 120 valence electrons. The molecule has 1 saturated heterocycles. The quantitative estimate of drug-likeness (QED) is 0.848. The van der Waals surface area contributed by atoms with Gasteiger partial charge in [-0.2, -0.15) is 0 Å². The minimum Gasteiger partial charge on any atom is -0.382 e. The smallest absolute Gasteiger partial charge is 0.266 e. The van der Waals surface area contributed by atoms with Gasteiger partial charge in [0.05, 0.1) is 9.21 Å². The number of rotatable bonds is 3. The molecule has 1 aromatic heterocycles. The molecule has 3 rings (SSSR count). The van der Waals surface area contributed by atoms with E-state index in [9.17, 15) is 4.79 Å². The van der Waals surface area contributed by atoms with Crippen LogP contribution in [0.15, 0.2) is 17.3 Å². The number of oxime groups is 1. The normalized spacial score (nSPS) is 22.8. The number of nitrogens with zero attached hydrogens (tertiary/aromatic N) is 3. The summed E-state index contributed by atoms with van der Waals surface area (Å²) >= 11 is 7.40. The lowest BCUT2D eigenvalue weighted by atomic mass is 10.1. The number of piperazine rings is 1. The molecule has 1 fully saturated rings. The van der Waals surface area contributed by atoms with Gasteiger partial charge in [-0.25, -0.2) is 0 Å². The van der Waals surface area contributed by atoms with Gasteiger partial charge in [-0.05, 0) is 26.0 Å². The molecule has 5 nitrogen and oxygen atoms in total. The second-order valence-corrected chi connectivity index (χ2v) is 7.61. The maximum atomic E-state index is 12.5. The zero-order chi connectivity index (χ0) is 15.7. The van der Waals surface area contributed by atoms with Gasteiger partial charge in [0.15, 0.2) is 0 Å². The molecule has 1 aromatic rings. The molecule has 2 aliphatic rings. The van der Waals surface area contributed by atoms with E-state index in [0.717, 1.165) is 41.1 Å². The van der Waals surface area contributed by atoms with Gasteiger partial charge in [0, 0.05) is 38.6 Å². The van der Waals surface area contributed by atoms with Crippen LogP contribution >= 0.6 is 22.9 Å². The van der Waals surface area contributed by atoms with Crippen LogP contribution in [-0.4, -0.2) is 59.7 Å². The molecule has 0 N–H and O–H groups in total. The lowest BCUT2D eigenvalue weighted by molar-refractivity contribution is -0.144. The predicted octanol–water partition coefficient (Wildman–Crippen LogP) is 2.45. The summed E-state index contributed by atoms with van der Waals surface area (Å²) in [6.07, 6.45) is 0.0431. The molecule has 22 heavy (non-hydrogen) atoms. The van der Waals surface area contributed by atoms with Crippen LogP contribution in [0.1, 0.15) is 25.1 Å². The number of carbonyl (C=O) groups excluding carboxylic acids is 1. The van der Waals surface area contributed by atoms with E-state index < -0.39 is 6.10 Å². The maximum Gasteiger partial charge on any atom is 0.266 e. The largest absolute Gasteiger partial charge is 0.382 e. The van der Waals surface area contributed by atoms with E-state index in [1.54, 1.807) is 0 Å². The summed E-state index contributed by atoms with van der Waals surface area (Å²) < 4.78 is 0.720. The SMILES string of the molecule is CC(C)N1CCN(C(=O)C2CC(c3ccc(Cl)s3)=NO2)CC1. The maximum absolute atomic E-state index is 12.5. The monoisotopic (exact) mass is 341 g/mol. The molecule has 0 aromatic carbocycles. The summed E-state index contributed by atoms with van der Waals surface area (Å²) in [4.78, 5) is 23.2. The average Bonchev–Trinajstić information content (AvgIpc) is 3.15. The first-order chi connectivity index (χ1) is 10.5. The minimum atomic E-state index is -0.485. The third kappa shape index (κ3) is 3.29.